The smallest absolute Gasteiger partial charge is 0.250 e. The van der Waals surface area contributed by atoms with Crippen LogP contribution >= 0.6 is 27.3 Å². The molecule has 7 heteroatoms. The number of rotatable bonds is 7. The molecule has 5 nitrogen and oxygen atoms in total. The van der Waals surface area contributed by atoms with Gasteiger partial charge in [-0.15, -0.1) is 11.3 Å². The SMILES string of the molecule is COc1ccc(/C=C/C(=O)Nc2nc(-c3ccc(OC(C)C)cc3)cs2)cc1Br. The number of halogens is 1. The fourth-order valence-corrected chi connectivity index (χ4v) is 3.83. The molecule has 0 atom stereocenters. The molecule has 0 aliphatic carbocycles. The first-order valence-corrected chi connectivity index (χ1v) is 10.7. The Balaban J connectivity index is 1.62. The molecular weight excluding hydrogens is 452 g/mol. The van der Waals surface area contributed by atoms with E-state index in [1.54, 1.807) is 13.2 Å². The summed E-state index contributed by atoms with van der Waals surface area (Å²) in [5.74, 6) is 1.33. The lowest BCUT2D eigenvalue weighted by molar-refractivity contribution is -0.111. The van der Waals surface area contributed by atoms with Crippen molar-refractivity contribution in [1.82, 2.24) is 4.98 Å². The first-order valence-electron chi connectivity index (χ1n) is 9.00. The molecule has 3 rings (SSSR count). The van der Waals surface area contributed by atoms with Crippen molar-refractivity contribution in [1.29, 1.82) is 0 Å². The van der Waals surface area contributed by atoms with Crippen molar-refractivity contribution >= 4 is 44.4 Å². The summed E-state index contributed by atoms with van der Waals surface area (Å²) < 4.78 is 11.7. The number of aromatic nitrogens is 1. The monoisotopic (exact) mass is 472 g/mol. The number of anilines is 1. The van der Waals surface area contributed by atoms with Gasteiger partial charge in [0.2, 0.25) is 5.91 Å². The van der Waals surface area contributed by atoms with Crippen LogP contribution in [0.15, 0.2) is 58.4 Å². The maximum Gasteiger partial charge on any atom is 0.250 e. The summed E-state index contributed by atoms with van der Waals surface area (Å²) in [7, 11) is 1.61. The van der Waals surface area contributed by atoms with Crippen LogP contribution in [0.2, 0.25) is 0 Å². The molecule has 150 valence electrons. The first-order chi connectivity index (χ1) is 13.9. The molecule has 0 aliphatic rings. The quantitative estimate of drug-likeness (QED) is 0.427. The number of benzene rings is 2. The standard InChI is InChI=1S/C22H21BrN2O3S/c1-14(2)28-17-8-6-16(7-9-17)19-13-29-22(24-19)25-21(26)11-5-15-4-10-20(27-3)18(23)12-15/h4-14H,1-3H3,(H,24,25,26)/b11-5+. The Morgan fingerprint density at radius 3 is 2.62 bits per heavy atom. The summed E-state index contributed by atoms with van der Waals surface area (Å²) in [6, 6.07) is 13.4. The zero-order valence-corrected chi connectivity index (χ0v) is 18.7. The van der Waals surface area contributed by atoms with E-state index in [0.717, 1.165) is 32.8 Å². The summed E-state index contributed by atoms with van der Waals surface area (Å²) in [6.07, 6.45) is 3.35. The molecule has 0 radical (unpaired) electrons. The topological polar surface area (TPSA) is 60.5 Å². The van der Waals surface area contributed by atoms with Crippen LogP contribution in [0.5, 0.6) is 11.5 Å². The van der Waals surface area contributed by atoms with E-state index in [0.29, 0.717) is 5.13 Å². The molecule has 1 heterocycles. The molecular formula is C22H21BrN2O3S. The third kappa shape index (κ3) is 5.92. The highest BCUT2D eigenvalue weighted by molar-refractivity contribution is 9.10. The van der Waals surface area contributed by atoms with Crippen molar-refractivity contribution in [3.05, 3.63) is 64.0 Å². The maximum absolute atomic E-state index is 12.2. The zero-order chi connectivity index (χ0) is 20.8. The molecule has 0 saturated carbocycles. The molecule has 0 unspecified atom stereocenters. The number of thiazole rings is 1. The molecule has 0 spiro atoms. The molecule has 2 aromatic carbocycles. The van der Waals surface area contributed by atoms with Crippen molar-refractivity contribution in [3.63, 3.8) is 0 Å². The van der Waals surface area contributed by atoms with Crippen molar-refractivity contribution in [2.45, 2.75) is 20.0 Å². The van der Waals surface area contributed by atoms with Gasteiger partial charge in [0.25, 0.3) is 0 Å². The average Bonchev–Trinajstić information content (AvgIpc) is 3.15. The number of nitrogens with zero attached hydrogens (tertiary/aromatic N) is 1. The molecule has 0 saturated heterocycles. The largest absolute Gasteiger partial charge is 0.496 e. The lowest BCUT2D eigenvalue weighted by Crippen LogP contribution is -2.07. The highest BCUT2D eigenvalue weighted by atomic mass is 79.9. The third-order valence-electron chi connectivity index (χ3n) is 3.86. The van der Waals surface area contributed by atoms with E-state index >= 15 is 0 Å². The molecule has 3 aromatic rings. The minimum Gasteiger partial charge on any atom is -0.496 e. The third-order valence-corrected chi connectivity index (χ3v) is 5.24. The normalized spacial score (nSPS) is 11.1. The Bertz CT molecular complexity index is 1010. The van der Waals surface area contributed by atoms with Gasteiger partial charge >= 0.3 is 0 Å². The van der Waals surface area contributed by atoms with E-state index < -0.39 is 0 Å². The van der Waals surface area contributed by atoms with Gasteiger partial charge in [-0.1, -0.05) is 6.07 Å². The second-order valence-electron chi connectivity index (χ2n) is 6.45. The molecule has 0 aliphatic heterocycles. The highest BCUT2D eigenvalue weighted by Gasteiger charge is 2.07. The van der Waals surface area contributed by atoms with Crippen LogP contribution in [0.25, 0.3) is 17.3 Å². The van der Waals surface area contributed by atoms with Crippen LogP contribution in [0.1, 0.15) is 19.4 Å². The van der Waals surface area contributed by atoms with Crippen molar-refractivity contribution in [2.75, 3.05) is 12.4 Å². The van der Waals surface area contributed by atoms with Gasteiger partial charge in [-0.2, -0.15) is 0 Å². The average molecular weight is 473 g/mol. The lowest BCUT2D eigenvalue weighted by atomic mass is 10.2. The fraction of sp³-hybridized carbons (Fsp3) is 0.182. The van der Waals surface area contributed by atoms with Gasteiger partial charge in [0, 0.05) is 17.0 Å². The van der Waals surface area contributed by atoms with Crippen LogP contribution in [-0.4, -0.2) is 24.1 Å². The lowest BCUT2D eigenvalue weighted by Gasteiger charge is -2.09. The van der Waals surface area contributed by atoms with Gasteiger partial charge in [0.05, 0.1) is 23.4 Å². The minimum atomic E-state index is -0.237. The first kappa shape index (κ1) is 21.1. The molecule has 1 amide bonds. The van der Waals surface area contributed by atoms with Crippen LogP contribution in [0, 0.1) is 0 Å². The predicted octanol–water partition coefficient (Wildman–Crippen LogP) is 6.02. The van der Waals surface area contributed by atoms with Gasteiger partial charge in [-0.05, 0) is 77.8 Å². The minimum absolute atomic E-state index is 0.133. The molecule has 1 aromatic heterocycles. The van der Waals surface area contributed by atoms with Crippen LogP contribution in [0.3, 0.4) is 0 Å². The number of carbonyl (C=O) groups excluding carboxylic acids is 1. The van der Waals surface area contributed by atoms with Crippen LogP contribution < -0.4 is 14.8 Å². The summed E-state index contributed by atoms with van der Waals surface area (Å²) >= 11 is 4.82. The second kappa shape index (κ2) is 9.71. The number of hydrogen-bond acceptors (Lipinski definition) is 5. The maximum atomic E-state index is 12.2. The molecule has 0 bridgehead atoms. The molecule has 0 fully saturated rings. The number of nitrogens with one attached hydrogen (secondary N) is 1. The summed E-state index contributed by atoms with van der Waals surface area (Å²) in [4.78, 5) is 16.7. The highest BCUT2D eigenvalue weighted by Crippen LogP contribution is 2.27. The fourth-order valence-electron chi connectivity index (χ4n) is 2.55. The van der Waals surface area contributed by atoms with Gasteiger partial charge in [-0.3, -0.25) is 10.1 Å². The van der Waals surface area contributed by atoms with Gasteiger partial charge in [-0.25, -0.2) is 4.98 Å². The Morgan fingerprint density at radius 2 is 1.97 bits per heavy atom. The Morgan fingerprint density at radius 1 is 1.21 bits per heavy atom. The van der Waals surface area contributed by atoms with Crippen molar-refractivity contribution in [2.24, 2.45) is 0 Å². The van der Waals surface area contributed by atoms with Gasteiger partial charge in [0.15, 0.2) is 5.13 Å². The van der Waals surface area contributed by atoms with Gasteiger partial charge < -0.3 is 9.47 Å². The summed E-state index contributed by atoms with van der Waals surface area (Å²) in [6.45, 7) is 3.98. The Labute approximate surface area is 182 Å². The number of ether oxygens (including phenoxy) is 2. The number of hydrogen-bond donors (Lipinski definition) is 1. The van der Waals surface area contributed by atoms with E-state index in [1.807, 2.05) is 61.7 Å². The zero-order valence-electron chi connectivity index (χ0n) is 16.3. The van der Waals surface area contributed by atoms with Crippen molar-refractivity contribution < 1.29 is 14.3 Å². The summed E-state index contributed by atoms with van der Waals surface area (Å²) in [5.41, 5.74) is 2.66. The number of carbonyl (C=O) groups is 1. The molecule has 1 N–H and O–H groups in total. The van der Waals surface area contributed by atoms with Crippen LogP contribution in [0.4, 0.5) is 5.13 Å². The van der Waals surface area contributed by atoms with E-state index in [9.17, 15) is 4.79 Å². The number of methoxy groups -OCH3 is 1. The second-order valence-corrected chi connectivity index (χ2v) is 8.16. The predicted molar refractivity (Wildman–Crippen MR) is 122 cm³/mol. The molecule has 29 heavy (non-hydrogen) atoms. The van der Waals surface area contributed by atoms with Gasteiger partial charge in [0.1, 0.15) is 11.5 Å². The number of amides is 1. The van der Waals surface area contributed by atoms with E-state index in [4.69, 9.17) is 9.47 Å². The van der Waals surface area contributed by atoms with E-state index in [-0.39, 0.29) is 12.0 Å². The van der Waals surface area contributed by atoms with Crippen molar-refractivity contribution in [3.8, 4) is 22.8 Å². The Hall–Kier alpha value is -2.64. The summed E-state index contributed by atoms with van der Waals surface area (Å²) in [5, 5.41) is 5.26. The van der Waals surface area contributed by atoms with E-state index in [2.05, 4.69) is 26.2 Å². The van der Waals surface area contributed by atoms with Crippen LogP contribution in [-0.2, 0) is 4.79 Å². The van der Waals surface area contributed by atoms with E-state index in [1.165, 1.54) is 17.4 Å². The Kier molecular flexibility index (Phi) is 7.06.